The molecule has 1 fully saturated rings. The third-order valence-electron chi connectivity index (χ3n) is 3.81. The van der Waals surface area contributed by atoms with Crippen LogP contribution in [-0.2, 0) is 23.5 Å². The lowest BCUT2D eigenvalue weighted by Gasteiger charge is -2.13. The van der Waals surface area contributed by atoms with Crippen LogP contribution < -0.4 is 10.4 Å². The number of H-pyrrole nitrogens is 1. The van der Waals surface area contributed by atoms with Crippen LogP contribution in [0.3, 0.4) is 0 Å². The van der Waals surface area contributed by atoms with Gasteiger partial charge in [-0.25, -0.2) is 18.3 Å². The maximum absolute atomic E-state index is 11.8. The van der Waals surface area contributed by atoms with Crippen LogP contribution in [0, 0.1) is 0 Å². The number of benzene rings is 1. The summed E-state index contributed by atoms with van der Waals surface area (Å²) in [4.78, 5) is 11.4. The minimum atomic E-state index is -3.45. The zero-order chi connectivity index (χ0) is 16.8. The fourth-order valence-electron chi connectivity index (χ4n) is 2.32. The molecule has 0 amide bonds. The molecule has 0 saturated heterocycles. The normalized spacial score (nSPS) is 14.9. The van der Waals surface area contributed by atoms with Gasteiger partial charge in [-0.3, -0.25) is 4.57 Å². The summed E-state index contributed by atoms with van der Waals surface area (Å²) < 4.78 is 30.7. The van der Waals surface area contributed by atoms with Gasteiger partial charge in [-0.15, -0.1) is 0 Å². The first kappa shape index (κ1) is 16.1. The van der Waals surface area contributed by atoms with Gasteiger partial charge in [-0.05, 0) is 30.4 Å². The first-order valence-electron chi connectivity index (χ1n) is 7.04. The van der Waals surface area contributed by atoms with Gasteiger partial charge >= 0.3 is 5.69 Å². The van der Waals surface area contributed by atoms with Crippen LogP contribution in [0.1, 0.15) is 30.1 Å². The summed E-state index contributed by atoms with van der Waals surface area (Å²) >= 11 is 6.11. The molecule has 2 aromatic rings. The van der Waals surface area contributed by atoms with Crippen LogP contribution in [0.2, 0.25) is 5.02 Å². The summed E-state index contributed by atoms with van der Waals surface area (Å²) in [7, 11) is -1.87. The third kappa shape index (κ3) is 3.28. The fraction of sp³-hybridized carbons (Fsp3) is 0.429. The molecule has 1 aliphatic carbocycles. The maximum Gasteiger partial charge on any atom is 0.343 e. The second-order valence-corrected chi connectivity index (χ2v) is 8.05. The lowest BCUT2D eigenvalue weighted by Crippen LogP contribution is -2.15. The van der Waals surface area contributed by atoms with E-state index in [4.69, 9.17) is 16.3 Å². The van der Waals surface area contributed by atoms with Crippen LogP contribution in [0.5, 0.6) is 5.75 Å². The first-order valence-corrected chi connectivity index (χ1v) is 9.31. The van der Waals surface area contributed by atoms with Crippen molar-refractivity contribution in [3.05, 3.63) is 39.0 Å². The van der Waals surface area contributed by atoms with Crippen molar-refractivity contribution in [3.8, 4) is 5.75 Å². The molecule has 0 bridgehead atoms. The number of hydrogen-bond acceptors (Lipinski definition) is 5. The molecule has 9 heteroatoms. The molecule has 0 aliphatic heterocycles. The van der Waals surface area contributed by atoms with Crippen LogP contribution in [0.4, 0.5) is 0 Å². The summed E-state index contributed by atoms with van der Waals surface area (Å²) in [5, 5.41) is 6.40. The second kappa shape index (κ2) is 5.68. The van der Waals surface area contributed by atoms with E-state index in [0.29, 0.717) is 17.5 Å². The van der Waals surface area contributed by atoms with E-state index < -0.39 is 9.84 Å². The van der Waals surface area contributed by atoms with Crippen molar-refractivity contribution in [2.45, 2.75) is 30.3 Å². The van der Waals surface area contributed by atoms with Crippen molar-refractivity contribution < 1.29 is 13.2 Å². The molecule has 1 aromatic carbocycles. The second-order valence-electron chi connectivity index (χ2n) is 5.66. The van der Waals surface area contributed by atoms with Gasteiger partial charge < -0.3 is 4.74 Å². The molecule has 1 saturated carbocycles. The first-order chi connectivity index (χ1) is 10.8. The fourth-order valence-corrected chi connectivity index (χ4v) is 3.65. The minimum Gasteiger partial charge on any atom is -0.485 e. The smallest absolute Gasteiger partial charge is 0.343 e. The summed E-state index contributed by atoms with van der Waals surface area (Å²) in [6, 6.07) is 3.12. The highest BCUT2D eigenvalue weighted by atomic mass is 35.5. The predicted octanol–water partition coefficient (Wildman–Crippen LogP) is 1.62. The average Bonchev–Trinajstić information content (AvgIpc) is 3.25. The lowest BCUT2D eigenvalue weighted by molar-refractivity contribution is 0.287. The molecule has 1 aliphatic rings. The highest BCUT2D eigenvalue weighted by Gasteiger charge is 2.29. The molecule has 3 rings (SSSR count). The van der Waals surface area contributed by atoms with E-state index in [2.05, 4.69) is 10.2 Å². The quantitative estimate of drug-likeness (QED) is 0.877. The number of ether oxygens (including phenoxy) is 1. The maximum atomic E-state index is 11.8. The van der Waals surface area contributed by atoms with Gasteiger partial charge in [0, 0.05) is 19.4 Å². The van der Waals surface area contributed by atoms with Crippen LogP contribution in [0.15, 0.2) is 21.8 Å². The van der Waals surface area contributed by atoms with Crippen molar-refractivity contribution in [2.75, 3.05) is 6.26 Å². The third-order valence-corrected chi connectivity index (χ3v) is 5.37. The Kier molecular flexibility index (Phi) is 3.97. The van der Waals surface area contributed by atoms with Gasteiger partial charge in [-0.1, -0.05) is 11.6 Å². The number of nitrogens with one attached hydrogen (secondary N) is 1. The number of aromatic amines is 1. The highest BCUT2D eigenvalue weighted by molar-refractivity contribution is 7.90. The molecule has 23 heavy (non-hydrogen) atoms. The van der Waals surface area contributed by atoms with E-state index in [1.54, 1.807) is 13.1 Å². The van der Waals surface area contributed by atoms with E-state index in [0.717, 1.165) is 24.7 Å². The van der Waals surface area contributed by atoms with Crippen molar-refractivity contribution in [1.29, 1.82) is 0 Å². The summed E-state index contributed by atoms with van der Waals surface area (Å²) in [5.41, 5.74) is 0.557. The molecular weight excluding hydrogens is 342 g/mol. The Morgan fingerprint density at radius 2 is 2.13 bits per heavy atom. The number of nitrogens with zero attached hydrogens (tertiary/aromatic N) is 2. The Labute approximate surface area is 138 Å². The Balaban J connectivity index is 1.96. The molecule has 0 atom stereocenters. The number of aromatic nitrogens is 3. The summed E-state index contributed by atoms with van der Waals surface area (Å²) in [5.74, 6) is 1.22. The number of rotatable bonds is 5. The topological polar surface area (TPSA) is 94.0 Å². The number of hydrogen-bond donors (Lipinski definition) is 1. The van der Waals surface area contributed by atoms with Gasteiger partial charge in [0.1, 0.15) is 12.4 Å². The van der Waals surface area contributed by atoms with Crippen LogP contribution in [0.25, 0.3) is 0 Å². The number of halogens is 1. The van der Waals surface area contributed by atoms with Crippen molar-refractivity contribution in [3.63, 3.8) is 0 Å². The van der Waals surface area contributed by atoms with Gasteiger partial charge in [0.05, 0.1) is 9.92 Å². The largest absolute Gasteiger partial charge is 0.485 e. The molecule has 1 heterocycles. The van der Waals surface area contributed by atoms with E-state index in [1.165, 1.54) is 10.6 Å². The van der Waals surface area contributed by atoms with Crippen LogP contribution >= 0.6 is 11.6 Å². The predicted molar refractivity (Wildman–Crippen MR) is 84.7 cm³/mol. The molecule has 124 valence electrons. The molecular formula is C14H16ClN3O4S. The monoisotopic (exact) mass is 357 g/mol. The Bertz CT molecular complexity index is 913. The van der Waals surface area contributed by atoms with Crippen molar-refractivity contribution in [2.24, 2.45) is 7.05 Å². The summed E-state index contributed by atoms with van der Waals surface area (Å²) in [6.07, 6.45) is 3.14. The van der Waals surface area contributed by atoms with Crippen LogP contribution in [-0.4, -0.2) is 29.4 Å². The Morgan fingerprint density at radius 1 is 1.43 bits per heavy atom. The standard InChI is InChI=1S/C14H16ClN3O4S/c1-18-13(16-17-14(18)19)7-22-11-6-12(23(2,20)21)10(15)5-9(11)8-3-4-8/h5-6,8H,3-4,7H2,1-2H3,(H,17,19). The average molecular weight is 358 g/mol. The molecule has 1 N–H and O–H groups in total. The van der Waals surface area contributed by atoms with E-state index in [9.17, 15) is 13.2 Å². The van der Waals surface area contributed by atoms with E-state index >= 15 is 0 Å². The lowest BCUT2D eigenvalue weighted by atomic mass is 10.1. The highest BCUT2D eigenvalue weighted by Crippen LogP contribution is 2.46. The van der Waals surface area contributed by atoms with Gasteiger partial charge in [0.25, 0.3) is 0 Å². The van der Waals surface area contributed by atoms with Crippen molar-refractivity contribution >= 4 is 21.4 Å². The zero-order valence-corrected chi connectivity index (χ0v) is 14.2. The SMILES string of the molecule is Cn1c(COc2cc(S(C)(=O)=O)c(Cl)cc2C2CC2)n[nH]c1=O. The van der Waals surface area contributed by atoms with Crippen molar-refractivity contribution in [1.82, 2.24) is 14.8 Å². The molecule has 0 radical (unpaired) electrons. The zero-order valence-electron chi connectivity index (χ0n) is 12.7. The molecule has 7 nitrogen and oxygen atoms in total. The summed E-state index contributed by atoms with van der Waals surface area (Å²) in [6.45, 7) is 0.0554. The molecule has 0 unspecified atom stereocenters. The molecule has 0 spiro atoms. The number of sulfone groups is 1. The van der Waals surface area contributed by atoms with Gasteiger partial charge in [-0.2, -0.15) is 5.10 Å². The van der Waals surface area contributed by atoms with Gasteiger partial charge in [0.15, 0.2) is 15.7 Å². The van der Waals surface area contributed by atoms with E-state index in [-0.39, 0.29) is 22.2 Å². The Hall–Kier alpha value is -1.80. The minimum absolute atomic E-state index is 0.0366. The molecule has 1 aromatic heterocycles. The van der Waals surface area contributed by atoms with Gasteiger partial charge in [0.2, 0.25) is 0 Å². The van der Waals surface area contributed by atoms with E-state index in [1.807, 2.05) is 0 Å². The Morgan fingerprint density at radius 3 is 2.65 bits per heavy atom.